The largest absolute Gasteiger partial charge is 0.461 e. The predicted molar refractivity (Wildman–Crippen MR) is 109 cm³/mol. The van der Waals surface area contributed by atoms with E-state index in [0.29, 0.717) is 29.4 Å². The summed E-state index contributed by atoms with van der Waals surface area (Å²) in [4.78, 5) is 9.08. The van der Waals surface area contributed by atoms with Gasteiger partial charge in [0.2, 0.25) is 11.8 Å². The molecule has 0 aliphatic carbocycles. The number of nitrogens with zero attached hydrogens (tertiary/aromatic N) is 6. The van der Waals surface area contributed by atoms with Crippen molar-refractivity contribution in [1.29, 1.82) is 0 Å². The summed E-state index contributed by atoms with van der Waals surface area (Å²) in [5.74, 6) is 1.30. The molecule has 0 saturated carbocycles. The van der Waals surface area contributed by atoms with Gasteiger partial charge in [0, 0.05) is 13.1 Å². The molecule has 0 radical (unpaired) electrons. The first kappa shape index (κ1) is 17.4. The molecule has 0 bridgehead atoms. The first-order valence-electron chi connectivity index (χ1n) is 9.42. The number of anilines is 1. The minimum Gasteiger partial charge on any atom is -0.461 e. The SMILES string of the molecule is NCc1ccc(CCCn2ncc3c2nc(N)n2nc(-c4ccco4)nc32)cc1. The van der Waals surface area contributed by atoms with Crippen LogP contribution in [0.4, 0.5) is 5.95 Å². The van der Waals surface area contributed by atoms with Crippen molar-refractivity contribution in [1.82, 2.24) is 29.4 Å². The van der Waals surface area contributed by atoms with E-state index >= 15 is 0 Å². The topological polar surface area (TPSA) is 126 Å². The molecule has 29 heavy (non-hydrogen) atoms. The maximum atomic E-state index is 6.13. The van der Waals surface area contributed by atoms with Crippen LogP contribution in [0.1, 0.15) is 17.5 Å². The number of furan rings is 1. The number of aryl methyl sites for hydroxylation is 2. The second-order valence-corrected chi connectivity index (χ2v) is 6.85. The molecule has 146 valence electrons. The van der Waals surface area contributed by atoms with Gasteiger partial charge in [-0.2, -0.15) is 14.6 Å². The van der Waals surface area contributed by atoms with Gasteiger partial charge in [-0.05, 0) is 36.1 Å². The van der Waals surface area contributed by atoms with Crippen LogP contribution in [0.25, 0.3) is 28.3 Å². The molecule has 9 heteroatoms. The highest BCUT2D eigenvalue weighted by Gasteiger charge is 2.17. The van der Waals surface area contributed by atoms with Gasteiger partial charge in [0.05, 0.1) is 17.8 Å². The van der Waals surface area contributed by atoms with Gasteiger partial charge < -0.3 is 15.9 Å². The molecule has 0 amide bonds. The first-order chi connectivity index (χ1) is 14.2. The molecule has 1 aromatic carbocycles. The predicted octanol–water partition coefficient (Wildman–Crippen LogP) is 2.41. The fourth-order valence-electron chi connectivity index (χ4n) is 3.41. The van der Waals surface area contributed by atoms with E-state index in [1.54, 1.807) is 24.6 Å². The molecule has 5 aromatic rings. The van der Waals surface area contributed by atoms with Gasteiger partial charge in [-0.25, -0.2) is 9.67 Å². The number of aromatic nitrogens is 6. The summed E-state index contributed by atoms with van der Waals surface area (Å²) in [5, 5.41) is 9.71. The van der Waals surface area contributed by atoms with E-state index in [2.05, 4.69) is 44.4 Å². The van der Waals surface area contributed by atoms with Crippen molar-refractivity contribution in [3.63, 3.8) is 0 Å². The molecule has 5 rings (SSSR count). The van der Waals surface area contributed by atoms with E-state index in [0.717, 1.165) is 30.3 Å². The zero-order valence-electron chi connectivity index (χ0n) is 15.7. The van der Waals surface area contributed by atoms with E-state index in [4.69, 9.17) is 15.9 Å². The summed E-state index contributed by atoms with van der Waals surface area (Å²) in [6, 6.07) is 12.0. The summed E-state index contributed by atoms with van der Waals surface area (Å²) >= 11 is 0. The molecule has 0 fully saturated rings. The lowest BCUT2D eigenvalue weighted by molar-refractivity contribution is 0.577. The minimum absolute atomic E-state index is 0.261. The van der Waals surface area contributed by atoms with Crippen molar-refractivity contribution >= 4 is 22.6 Å². The molecular formula is C20H20N8O. The van der Waals surface area contributed by atoms with Crippen LogP contribution in [-0.2, 0) is 19.5 Å². The van der Waals surface area contributed by atoms with Crippen molar-refractivity contribution < 1.29 is 4.42 Å². The molecule has 4 aromatic heterocycles. The highest BCUT2D eigenvalue weighted by molar-refractivity contribution is 5.90. The Labute approximate surface area is 166 Å². The van der Waals surface area contributed by atoms with E-state index in [9.17, 15) is 0 Å². The van der Waals surface area contributed by atoms with E-state index < -0.39 is 0 Å². The monoisotopic (exact) mass is 388 g/mol. The van der Waals surface area contributed by atoms with Crippen LogP contribution in [0.5, 0.6) is 0 Å². The molecule has 4 N–H and O–H groups in total. The van der Waals surface area contributed by atoms with Crippen LogP contribution >= 0.6 is 0 Å². The summed E-state index contributed by atoms with van der Waals surface area (Å²) in [7, 11) is 0. The molecule has 4 heterocycles. The Kier molecular flexibility index (Phi) is 4.21. The minimum atomic E-state index is 0.261. The number of benzene rings is 1. The first-order valence-corrected chi connectivity index (χ1v) is 9.42. The Morgan fingerprint density at radius 3 is 2.59 bits per heavy atom. The van der Waals surface area contributed by atoms with Gasteiger partial charge in [0.1, 0.15) is 0 Å². The lowest BCUT2D eigenvalue weighted by Gasteiger charge is -2.05. The highest BCUT2D eigenvalue weighted by Crippen LogP contribution is 2.23. The maximum Gasteiger partial charge on any atom is 0.225 e. The second-order valence-electron chi connectivity index (χ2n) is 6.85. The second kappa shape index (κ2) is 7.02. The third-order valence-electron chi connectivity index (χ3n) is 4.93. The molecule has 0 spiro atoms. The number of rotatable bonds is 6. The lowest BCUT2D eigenvalue weighted by Crippen LogP contribution is -2.07. The smallest absolute Gasteiger partial charge is 0.225 e. The maximum absolute atomic E-state index is 6.13. The molecular weight excluding hydrogens is 368 g/mol. The van der Waals surface area contributed by atoms with Gasteiger partial charge >= 0.3 is 0 Å². The molecule has 0 aliphatic rings. The van der Waals surface area contributed by atoms with Crippen molar-refractivity contribution in [3.05, 3.63) is 60.0 Å². The van der Waals surface area contributed by atoms with Crippen LogP contribution in [-0.4, -0.2) is 29.4 Å². The normalized spacial score (nSPS) is 11.6. The summed E-state index contributed by atoms with van der Waals surface area (Å²) in [6.45, 7) is 1.29. The third-order valence-corrected chi connectivity index (χ3v) is 4.93. The Hall–Kier alpha value is -3.72. The van der Waals surface area contributed by atoms with Crippen molar-refractivity contribution in [3.8, 4) is 11.6 Å². The van der Waals surface area contributed by atoms with Crippen LogP contribution in [0, 0.1) is 0 Å². The van der Waals surface area contributed by atoms with Crippen molar-refractivity contribution in [2.24, 2.45) is 5.73 Å². The summed E-state index contributed by atoms with van der Waals surface area (Å²) in [5.41, 5.74) is 15.5. The Morgan fingerprint density at radius 1 is 1.00 bits per heavy atom. The lowest BCUT2D eigenvalue weighted by atomic mass is 10.1. The molecule has 0 aliphatic heterocycles. The zero-order chi connectivity index (χ0) is 19.8. The Balaban J connectivity index is 1.41. The van der Waals surface area contributed by atoms with E-state index in [-0.39, 0.29) is 5.95 Å². The Bertz CT molecular complexity index is 1270. The molecule has 0 unspecified atom stereocenters. The van der Waals surface area contributed by atoms with Crippen LogP contribution in [0.3, 0.4) is 0 Å². The fourth-order valence-corrected chi connectivity index (χ4v) is 3.41. The number of nitrogens with two attached hydrogens (primary N) is 2. The van der Waals surface area contributed by atoms with Gasteiger partial charge in [-0.1, -0.05) is 24.3 Å². The summed E-state index contributed by atoms with van der Waals surface area (Å²) in [6.07, 6.45) is 5.21. The molecule has 0 saturated heterocycles. The summed E-state index contributed by atoms with van der Waals surface area (Å²) < 4.78 is 8.77. The average Bonchev–Trinajstić information content (AvgIpc) is 3.48. The van der Waals surface area contributed by atoms with E-state index in [1.165, 1.54) is 10.1 Å². The average molecular weight is 388 g/mol. The highest BCUT2D eigenvalue weighted by atomic mass is 16.3. The van der Waals surface area contributed by atoms with Crippen molar-refractivity contribution in [2.45, 2.75) is 25.9 Å². The Morgan fingerprint density at radius 2 is 1.83 bits per heavy atom. The number of fused-ring (bicyclic) bond motifs is 3. The quantitative estimate of drug-likeness (QED) is 0.457. The van der Waals surface area contributed by atoms with Gasteiger partial charge in [0.25, 0.3) is 0 Å². The number of nitrogen functional groups attached to an aromatic ring is 1. The van der Waals surface area contributed by atoms with Crippen molar-refractivity contribution in [2.75, 3.05) is 5.73 Å². The van der Waals surface area contributed by atoms with Gasteiger partial charge in [-0.15, -0.1) is 5.10 Å². The zero-order valence-corrected chi connectivity index (χ0v) is 15.7. The van der Waals surface area contributed by atoms with Crippen LogP contribution in [0.15, 0.2) is 53.3 Å². The van der Waals surface area contributed by atoms with Gasteiger partial charge in [-0.3, -0.25) is 0 Å². The number of hydrogen-bond acceptors (Lipinski definition) is 7. The number of hydrogen-bond donors (Lipinski definition) is 2. The third kappa shape index (κ3) is 3.11. The fraction of sp³-hybridized carbons (Fsp3) is 0.200. The van der Waals surface area contributed by atoms with E-state index in [1.807, 2.05) is 4.68 Å². The van der Waals surface area contributed by atoms with Gasteiger partial charge in [0.15, 0.2) is 17.1 Å². The van der Waals surface area contributed by atoms with Crippen LogP contribution in [0.2, 0.25) is 0 Å². The molecule has 0 atom stereocenters. The standard InChI is InChI=1S/C20H20N8O/c21-11-14-7-5-13(6-8-14)3-1-9-27-18-15(12-23-27)19-24-17(16-4-2-10-29-16)26-28(19)20(22)25-18/h2,4-8,10,12H,1,3,9,11,21H2,(H2,22,25). The van der Waals surface area contributed by atoms with Crippen LogP contribution < -0.4 is 11.5 Å². The molecule has 9 nitrogen and oxygen atoms in total.